The molecule has 0 aliphatic carbocycles. The minimum Gasteiger partial charge on any atom is -0.748 e. The van der Waals surface area contributed by atoms with E-state index in [0.29, 0.717) is 6.54 Å². The van der Waals surface area contributed by atoms with Crippen LogP contribution in [0.1, 0.15) is 19.8 Å². The number of thioether (sulfide) groups is 1. The molecule has 1 aromatic carbocycles. The van der Waals surface area contributed by atoms with Crippen LogP contribution < -0.4 is 39.2 Å². The van der Waals surface area contributed by atoms with Gasteiger partial charge in [-0.1, -0.05) is 30.9 Å². The van der Waals surface area contributed by atoms with Gasteiger partial charge in [0.1, 0.15) is 5.75 Å². The first kappa shape index (κ1) is 22.0. The first-order chi connectivity index (χ1) is 10.8. The SMILES string of the molecule is CCC(=S)/C=C1\Sc2ccc(OC)cc2N1CCCS(=O)(=O)[O-].[Na+]. The Balaban J connectivity index is 0.00000288. The van der Waals surface area contributed by atoms with E-state index in [0.717, 1.165) is 32.6 Å². The summed E-state index contributed by atoms with van der Waals surface area (Å²) in [7, 11) is -2.61. The number of rotatable bonds is 7. The van der Waals surface area contributed by atoms with Gasteiger partial charge in [0.15, 0.2) is 0 Å². The van der Waals surface area contributed by atoms with Gasteiger partial charge in [-0.25, -0.2) is 8.42 Å². The molecule has 1 aliphatic rings. The molecule has 0 bridgehead atoms. The molecule has 1 heterocycles. The van der Waals surface area contributed by atoms with Gasteiger partial charge >= 0.3 is 29.6 Å². The van der Waals surface area contributed by atoms with E-state index < -0.39 is 10.1 Å². The zero-order chi connectivity index (χ0) is 17.0. The van der Waals surface area contributed by atoms with Crippen molar-refractivity contribution in [3.63, 3.8) is 0 Å². The molecule has 126 valence electrons. The normalized spacial score (nSPS) is 15.1. The molecule has 0 amide bonds. The van der Waals surface area contributed by atoms with Crippen molar-refractivity contribution in [2.45, 2.75) is 24.7 Å². The molecule has 1 aromatic rings. The van der Waals surface area contributed by atoms with Crippen molar-refractivity contribution in [3.8, 4) is 5.75 Å². The molecule has 0 unspecified atom stereocenters. The minimum atomic E-state index is -4.20. The Kier molecular flexibility index (Phi) is 8.75. The molecule has 0 N–H and O–H groups in total. The van der Waals surface area contributed by atoms with E-state index in [1.807, 2.05) is 36.1 Å². The molecule has 9 heteroatoms. The summed E-state index contributed by atoms with van der Waals surface area (Å²) in [4.78, 5) is 3.88. The van der Waals surface area contributed by atoms with Crippen LogP contribution in [0.3, 0.4) is 0 Å². The topological polar surface area (TPSA) is 69.7 Å². The molecule has 0 fully saturated rings. The molecule has 0 saturated heterocycles. The quantitative estimate of drug-likeness (QED) is 0.282. The van der Waals surface area contributed by atoms with Crippen LogP contribution in [0.25, 0.3) is 0 Å². The minimum absolute atomic E-state index is 0. The fourth-order valence-electron chi connectivity index (χ4n) is 2.19. The van der Waals surface area contributed by atoms with Gasteiger partial charge in [0.25, 0.3) is 0 Å². The largest absolute Gasteiger partial charge is 1.00 e. The summed E-state index contributed by atoms with van der Waals surface area (Å²) in [5.41, 5.74) is 0.947. The summed E-state index contributed by atoms with van der Waals surface area (Å²) in [5.74, 6) is 0.351. The van der Waals surface area contributed by atoms with Crippen LogP contribution >= 0.6 is 24.0 Å². The van der Waals surface area contributed by atoms with Crippen molar-refractivity contribution in [2.75, 3.05) is 24.3 Å². The fourth-order valence-corrected chi connectivity index (χ4v) is 3.99. The van der Waals surface area contributed by atoms with E-state index >= 15 is 0 Å². The van der Waals surface area contributed by atoms with E-state index in [1.165, 1.54) is 0 Å². The molecule has 2 rings (SSSR count). The predicted octanol–water partition coefficient (Wildman–Crippen LogP) is 0.168. The van der Waals surface area contributed by atoms with Gasteiger partial charge in [0, 0.05) is 28.1 Å². The van der Waals surface area contributed by atoms with Crippen LogP contribution in [0.5, 0.6) is 5.75 Å². The van der Waals surface area contributed by atoms with Crippen molar-refractivity contribution >= 4 is 44.6 Å². The summed E-state index contributed by atoms with van der Waals surface area (Å²) in [6.07, 6.45) is 2.96. The average Bonchev–Trinajstić information content (AvgIpc) is 2.82. The molecular weight excluding hydrogens is 377 g/mol. The fraction of sp³-hybridized carbons (Fsp3) is 0.400. The third kappa shape index (κ3) is 6.01. The Bertz CT molecular complexity index is 734. The van der Waals surface area contributed by atoms with Gasteiger partial charge < -0.3 is 14.2 Å². The Morgan fingerprint density at radius 1 is 1.46 bits per heavy atom. The molecule has 0 saturated carbocycles. The molecule has 24 heavy (non-hydrogen) atoms. The van der Waals surface area contributed by atoms with Crippen molar-refractivity contribution in [1.82, 2.24) is 0 Å². The van der Waals surface area contributed by atoms with Crippen molar-refractivity contribution in [1.29, 1.82) is 0 Å². The third-order valence-corrected chi connectivity index (χ3v) is 5.65. The van der Waals surface area contributed by atoms with Gasteiger partial charge in [-0.05, 0) is 31.1 Å². The smallest absolute Gasteiger partial charge is 0.748 e. The molecule has 0 atom stereocenters. The predicted molar refractivity (Wildman–Crippen MR) is 96.4 cm³/mol. The number of thiocarbonyl (C=S) groups is 1. The number of allylic oxidation sites excluding steroid dienone is 1. The second kappa shape index (κ2) is 9.56. The monoisotopic (exact) mass is 395 g/mol. The molecule has 0 radical (unpaired) electrons. The summed E-state index contributed by atoms with van der Waals surface area (Å²) >= 11 is 6.87. The Morgan fingerprint density at radius 3 is 2.75 bits per heavy atom. The third-order valence-electron chi connectivity index (χ3n) is 3.35. The standard InChI is InChI=1S/C15H19NO4S3.Na/c1-3-12(21)10-15-16(7-4-8-23(17,18)19)13-9-11(20-2)5-6-14(13)22-15;/h5-6,9-10H,3-4,7-8H2,1-2H3,(H,17,18,19);/q;+1/p-1/b15-10-;. The summed E-state index contributed by atoms with van der Waals surface area (Å²) in [6, 6.07) is 5.75. The van der Waals surface area contributed by atoms with Crippen LogP contribution in [0.15, 0.2) is 34.2 Å². The van der Waals surface area contributed by atoms with Crippen LogP contribution in [0.4, 0.5) is 5.69 Å². The number of hydrogen-bond acceptors (Lipinski definition) is 7. The average molecular weight is 396 g/mol. The Hall–Kier alpha value is -0.0900. The second-order valence-electron chi connectivity index (χ2n) is 5.01. The summed E-state index contributed by atoms with van der Waals surface area (Å²) in [5, 5.41) is 0.948. The molecule has 5 nitrogen and oxygen atoms in total. The number of benzene rings is 1. The Morgan fingerprint density at radius 2 is 2.17 bits per heavy atom. The number of nitrogens with zero attached hydrogens (tertiary/aromatic N) is 1. The van der Waals surface area contributed by atoms with Gasteiger partial charge in [-0.15, -0.1) is 0 Å². The number of anilines is 1. The zero-order valence-corrected chi connectivity index (χ0v) is 18.4. The Labute approximate surface area is 174 Å². The van der Waals surface area contributed by atoms with Crippen molar-refractivity contribution in [3.05, 3.63) is 29.3 Å². The first-order valence-corrected chi connectivity index (χ1v) is 9.96. The van der Waals surface area contributed by atoms with E-state index in [9.17, 15) is 13.0 Å². The molecular formula is C15H18NNaO4S3. The van der Waals surface area contributed by atoms with E-state index in [2.05, 4.69) is 0 Å². The summed E-state index contributed by atoms with van der Waals surface area (Å²) in [6.45, 7) is 2.43. The van der Waals surface area contributed by atoms with E-state index in [1.54, 1.807) is 18.9 Å². The van der Waals surface area contributed by atoms with Gasteiger partial charge in [0.2, 0.25) is 0 Å². The van der Waals surface area contributed by atoms with Crippen LogP contribution in [-0.4, -0.2) is 37.2 Å². The summed E-state index contributed by atoms with van der Waals surface area (Å²) < 4.78 is 37.7. The number of ether oxygens (including phenoxy) is 1. The van der Waals surface area contributed by atoms with Crippen LogP contribution in [-0.2, 0) is 10.1 Å². The van der Waals surface area contributed by atoms with Crippen molar-refractivity contribution in [2.24, 2.45) is 0 Å². The van der Waals surface area contributed by atoms with Gasteiger partial charge in [0.05, 0.1) is 27.9 Å². The van der Waals surface area contributed by atoms with Gasteiger partial charge in [-0.2, -0.15) is 0 Å². The first-order valence-electron chi connectivity index (χ1n) is 7.15. The zero-order valence-electron chi connectivity index (χ0n) is 13.9. The maximum atomic E-state index is 10.8. The molecule has 0 spiro atoms. The van der Waals surface area contributed by atoms with E-state index in [-0.39, 0.29) is 41.7 Å². The number of hydrogen-bond donors (Lipinski definition) is 0. The van der Waals surface area contributed by atoms with Crippen LogP contribution in [0, 0.1) is 0 Å². The maximum Gasteiger partial charge on any atom is 1.00 e. The number of methoxy groups -OCH3 is 1. The van der Waals surface area contributed by atoms with E-state index in [4.69, 9.17) is 17.0 Å². The van der Waals surface area contributed by atoms with Crippen molar-refractivity contribution < 1.29 is 47.3 Å². The maximum absolute atomic E-state index is 10.8. The molecule has 1 aliphatic heterocycles. The molecule has 0 aromatic heterocycles. The van der Waals surface area contributed by atoms with Crippen LogP contribution in [0.2, 0.25) is 0 Å². The second-order valence-corrected chi connectivity index (χ2v) is 8.12. The van der Waals surface area contributed by atoms with Gasteiger partial charge in [-0.3, -0.25) is 0 Å². The number of fused-ring (bicyclic) bond motifs is 1.